The van der Waals surface area contributed by atoms with Crippen molar-refractivity contribution in [2.45, 2.75) is 26.7 Å². The molecule has 0 aliphatic heterocycles. The summed E-state index contributed by atoms with van der Waals surface area (Å²) in [7, 11) is 0. The molecule has 0 bridgehead atoms. The average Bonchev–Trinajstić information content (AvgIpc) is 2.95. The van der Waals surface area contributed by atoms with Crippen molar-refractivity contribution in [2.24, 2.45) is 11.8 Å². The Labute approximate surface area is 129 Å². The van der Waals surface area contributed by atoms with Gasteiger partial charge in [0, 0.05) is 6.54 Å². The van der Waals surface area contributed by atoms with Crippen molar-refractivity contribution < 1.29 is 4.74 Å². The van der Waals surface area contributed by atoms with E-state index >= 15 is 0 Å². The van der Waals surface area contributed by atoms with Gasteiger partial charge in [0.15, 0.2) is 0 Å². The Hall–Kier alpha value is -1.62. The highest BCUT2D eigenvalue weighted by molar-refractivity contribution is 7.16. The van der Waals surface area contributed by atoms with Crippen LogP contribution in [0.4, 0.5) is 5.95 Å². The number of thiophene rings is 1. The SMILES string of the molecule is CCNc1nc(OCC2CC=CCC2C)c2ccsc2n1. The molecule has 4 nitrogen and oxygen atoms in total. The van der Waals surface area contributed by atoms with E-state index in [1.165, 1.54) is 0 Å². The number of hydrogen-bond donors (Lipinski definition) is 1. The Bertz CT molecular complexity index is 637. The van der Waals surface area contributed by atoms with Gasteiger partial charge >= 0.3 is 0 Å². The fourth-order valence-electron chi connectivity index (χ4n) is 2.60. The molecular formula is C16H21N3OS. The van der Waals surface area contributed by atoms with Gasteiger partial charge in [0.1, 0.15) is 4.83 Å². The third-order valence-electron chi connectivity index (χ3n) is 3.98. The molecule has 2 aromatic heterocycles. The van der Waals surface area contributed by atoms with E-state index in [4.69, 9.17) is 4.74 Å². The second-order valence-electron chi connectivity index (χ2n) is 5.51. The zero-order chi connectivity index (χ0) is 14.7. The van der Waals surface area contributed by atoms with E-state index in [2.05, 4.69) is 34.4 Å². The Morgan fingerprint density at radius 3 is 3.00 bits per heavy atom. The maximum Gasteiger partial charge on any atom is 0.227 e. The number of nitrogens with one attached hydrogen (secondary N) is 1. The molecule has 0 amide bonds. The zero-order valence-corrected chi connectivity index (χ0v) is 13.3. The monoisotopic (exact) mass is 303 g/mol. The second kappa shape index (κ2) is 6.43. The number of rotatable bonds is 5. The predicted molar refractivity (Wildman–Crippen MR) is 88.1 cm³/mol. The normalized spacial score (nSPS) is 21.6. The molecule has 2 atom stereocenters. The minimum Gasteiger partial charge on any atom is -0.477 e. The summed E-state index contributed by atoms with van der Waals surface area (Å²) in [6.07, 6.45) is 6.78. The molecule has 2 aromatic rings. The van der Waals surface area contributed by atoms with Crippen molar-refractivity contribution in [3.8, 4) is 5.88 Å². The van der Waals surface area contributed by atoms with E-state index in [9.17, 15) is 0 Å². The summed E-state index contributed by atoms with van der Waals surface area (Å²) >= 11 is 1.62. The van der Waals surface area contributed by atoms with Crippen LogP contribution in [0.2, 0.25) is 0 Å². The molecule has 112 valence electrons. The van der Waals surface area contributed by atoms with E-state index in [0.29, 0.717) is 23.7 Å². The maximum atomic E-state index is 6.06. The first-order valence-corrected chi connectivity index (χ1v) is 8.42. The lowest BCUT2D eigenvalue weighted by Crippen LogP contribution is -2.21. The third kappa shape index (κ3) is 3.18. The Morgan fingerprint density at radius 2 is 2.19 bits per heavy atom. The molecule has 1 aliphatic carbocycles. The third-order valence-corrected chi connectivity index (χ3v) is 4.78. The van der Waals surface area contributed by atoms with Gasteiger partial charge in [0.25, 0.3) is 0 Å². The lowest BCUT2D eigenvalue weighted by molar-refractivity contribution is 0.195. The maximum absolute atomic E-state index is 6.06. The van der Waals surface area contributed by atoms with Gasteiger partial charge in [-0.05, 0) is 43.0 Å². The van der Waals surface area contributed by atoms with Crippen molar-refractivity contribution in [2.75, 3.05) is 18.5 Å². The summed E-state index contributed by atoms with van der Waals surface area (Å²) in [5.41, 5.74) is 0. The van der Waals surface area contributed by atoms with Crippen LogP contribution in [-0.2, 0) is 0 Å². The molecule has 1 aliphatic rings. The molecule has 1 N–H and O–H groups in total. The number of ether oxygens (including phenoxy) is 1. The predicted octanol–water partition coefficient (Wildman–Crippen LogP) is 4.10. The first-order valence-electron chi connectivity index (χ1n) is 7.54. The van der Waals surface area contributed by atoms with Crippen LogP contribution in [0, 0.1) is 11.8 Å². The van der Waals surface area contributed by atoms with Gasteiger partial charge < -0.3 is 10.1 Å². The zero-order valence-electron chi connectivity index (χ0n) is 12.5. The lowest BCUT2D eigenvalue weighted by Gasteiger charge is -2.25. The molecule has 0 saturated carbocycles. The van der Waals surface area contributed by atoms with E-state index in [-0.39, 0.29) is 0 Å². The number of hydrogen-bond acceptors (Lipinski definition) is 5. The van der Waals surface area contributed by atoms with Gasteiger partial charge in [-0.3, -0.25) is 0 Å². The van der Waals surface area contributed by atoms with E-state index in [0.717, 1.165) is 36.2 Å². The molecule has 2 heterocycles. The van der Waals surface area contributed by atoms with Gasteiger partial charge in [0.2, 0.25) is 11.8 Å². The van der Waals surface area contributed by atoms with Crippen molar-refractivity contribution >= 4 is 27.5 Å². The number of allylic oxidation sites excluding steroid dienone is 2. The molecule has 3 rings (SSSR count). The molecule has 2 unspecified atom stereocenters. The van der Waals surface area contributed by atoms with Gasteiger partial charge in [-0.25, -0.2) is 4.98 Å². The topological polar surface area (TPSA) is 47.0 Å². The fourth-order valence-corrected chi connectivity index (χ4v) is 3.35. The van der Waals surface area contributed by atoms with Crippen molar-refractivity contribution in [3.05, 3.63) is 23.6 Å². The van der Waals surface area contributed by atoms with E-state index in [1.54, 1.807) is 11.3 Å². The molecule has 0 fully saturated rings. The van der Waals surface area contributed by atoms with Gasteiger partial charge in [-0.15, -0.1) is 11.3 Å². The molecular weight excluding hydrogens is 282 g/mol. The van der Waals surface area contributed by atoms with Crippen LogP contribution in [0.15, 0.2) is 23.6 Å². The van der Waals surface area contributed by atoms with Crippen LogP contribution in [0.3, 0.4) is 0 Å². The average molecular weight is 303 g/mol. The Balaban J connectivity index is 1.78. The Kier molecular flexibility index (Phi) is 4.39. The molecule has 0 aromatic carbocycles. The highest BCUT2D eigenvalue weighted by Crippen LogP contribution is 2.30. The van der Waals surface area contributed by atoms with Gasteiger partial charge in [-0.2, -0.15) is 4.98 Å². The molecule has 0 spiro atoms. The second-order valence-corrected chi connectivity index (χ2v) is 6.41. The minimum absolute atomic E-state index is 0.571. The molecule has 5 heteroatoms. The van der Waals surface area contributed by atoms with Gasteiger partial charge in [-0.1, -0.05) is 19.1 Å². The lowest BCUT2D eigenvalue weighted by atomic mass is 9.85. The van der Waals surface area contributed by atoms with Crippen LogP contribution in [-0.4, -0.2) is 23.1 Å². The Morgan fingerprint density at radius 1 is 1.33 bits per heavy atom. The van der Waals surface area contributed by atoms with E-state index < -0.39 is 0 Å². The molecule has 0 radical (unpaired) electrons. The summed E-state index contributed by atoms with van der Waals surface area (Å²) in [6, 6.07) is 2.04. The largest absolute Gasteiger partial charge is 0.477 e. The van der Waals surface area contributed by atoms with Crippen molar-refractivity contribution in [1.82, 2.24) is 9.97 Å². The van der Waals surface area contributed by atoms with Gasteiger partial charge in [0.05, 0.1) is 12.0 Å². The van der Waals surface area contributed by atoms with Crippen LogP contribution < -0.4 is 10.1 Å². The van der Waals surface area contributed by atoms with Crippen LogP contribution in [0.25, 0.3) is 10.2 Å². The highest BCUT2D eigenvalue weighted by atomic mass is 32.1. The number of fused-ring (bicyclic) bond motifs is 1. The first-order chi connectivity index (χ1) is 10.3. The summed E-state index contributed by atoms with van der Waals surface area (Å²) in [5, 5.41) is 6.22. The van der Waals surface area contributed by atoms with Crippen LogP contribution >= 0.6 is 11.3 Å². The molecule has 21 heavy (non-hydrogen) atoms. The fraction of sp³-hybridized carbons (Fsp3) is 0.500. The quantitative estimate of drug-likeness (QED) is 0.845. The van der Waals surface area contributed by atoms with Crippen LogP contribution in [0.1, 0.15) is 26.7 Å². The van der Waals surface area contributed by atoms with Crippen molar-refractivity contribution in [3.63, 3.8) is 0 Å². The summed E-state index contributed by atoms with van der Waals surface area (Å²) in [5.74, 6) is 2.60. The number of nitrogens with zero attached hydrogens (tertiary/aromatic N) is 2. The number of anilines is 1. The summed E-state index contributed by atoms with van der Waals surface area (Å²) in [6.45, 7) is 5.86. The molecule has 0 saturated heterocycles. The van der Waals surface area contributed by atoms with Crippen molar-refractivity contribution in [1.29, 1.82) is 0 Å². The highest BCUT2D eigenvalue weighted by Gasteiger charge is 2.20. The van der Waals surface area contributed by atoms with Crippen LogP contribution in [0.5, 0.6) is 5.88 Å². The summed E-state index contributed by atoms with van der Waals surface area (Å²) < 4.78 is 6.06. The summed E-state index contributed by atoms with van der Waals surface area (Å²) in [4.78, 5) is 10.00. The minimum atomic E-state index is 0.571. The number of aromatic nitrogens is 2. The van der Waals surface area contributed by atoms with E-state index in [1.807, 2.05) is 18.4 Å². The smallest absolute Gasteiger partial charge is 0.227 e. The first kappa shape index (κ1) is 14.3. The standard InChI is InChI=1S/C16H21N3OS/c1-3-17-16-18-14(13-8-9-21-15(13)19-16)20-10-12-7-5-4-6-11(12)2/h4-5,8-9,11-12H,3,6-7,10H2,1-2H3,(H,17,18,19).